The van der Waals surface area contributed by atoms with Gasteiger partial charge in [-0.25, -0.2) is 4.98 Å². The quantitative estimate of drug-likeness (QED) is 0.543. The maximum atomic E-state index is 11.4. The first-order chi connectivity index (χ1) is 12.7. The number of nitrogens with zero attached hydrogens (tertiary/aromatic N) is 2. The molecule has 0 spiro atoms. The highest BCUT2D eigenvalue weighted by Gasteiger charge is 2.28. The summed E-state index contributed by atoms with van der Waals surface area (Å²) in [6.07, 6.45) is 9.09. The minimum Gasteiger partial charge on any atom is -0.385 e. The molecule has 0 bridgehead atoms. The highest BCUT2D eigenvalue weighted by molar-refractivity contribution is 7.99. The summed E-state index contributed by atoms with van der Waals surface area (Å²) in [5, 5.41) is 11.4. The van der Waals surface area contributed by atoms with E-state index in [1.165, 1.54) is 9.79 Å². The number of imidazole rings is 1. The number of aromatic nitrogens is 2. The number of unbranched alkanes of at least 4 members (excludes halogenated alkanes) is 1. The average molecular weight is 367 g/mol. The molecule has 0 aliphatic rings. The van der Waals surface area contributed by atoms with Crippen molar-refractivity contribution in [3.8, 4) is 0 Å². The van der Waals surface area contributed by atoms with Crippen molar-refractivity contribution in [3.05, 3.63) is 78.9 Å². The van der Waals surface area contributed by atoms with Crippen molar-refractivity contribution in [2.24, 2.45) is 0 Å². The summed E-state index contributed by atoms with van der Waals surface area (Å²) in [7, 11) is 0. The van der Waals surface area contributed by atoms with Gasteiger partial charge in [0.05, 0.1) is 11.9 Å². The first-order valence-electron chi connectivity index (χ1n) is 9.21. The predicted octanol–water partition coefficient (Wildman–Crippen LogP) is 5.50. The molecule has 4 heteroatoms. The van der Waals surface area contributed by atoms with Crippen molar-refractivity contribution in [1.82, 2.24) is 9.55 Å². The summed E-state index contributed by atoms with van der Waals surface area (Å²) in [5.74, 6) is 0. The molecule has 1 heterocycles. The number of hydrogen-bond donors (Lipinski definition) is 1. The van der Waals surface area contributed by atoms with E-state index in [1.54, 1.807) is 24.3 Å². The van der Waals surface area contributed by atoms with Crippen LogP contribution in [0.2, 0.25) is 0 Å². The van der Waals surface area contributed by atoms with Gasteiger partial charge in [-0.3, -0.25) is 0 Å². The van der Waals surface area contributed by atoms with E-state index >= 15 is 0 Å². The standard InChI is InChI=1S/C22H26N2OS/c1-2-3-13-22(25,14-16-24-17-15-23-18-24)19-9-11-21(12-10-19)26-20-7-5-4-6-8-20/h4-12,15,17-18,25H,2-3,13-14,16H2,1H3. The minimum atomic E-state index is -0.795. The molecule has 0 aliphatic heterocycles. The van der Waals surface area contributed by atoms with E-state index in [-0.39, 0.29) is 0 Å². The Morgan fingerprint density at radius 1 is 1.00 bits per heavy atom. The maximum Gasteiger partial charge on any atom is 0.0945 e. The van der Waals surface area contributed by atoms with Gasteiger partial charge in [0.1, 0.15) is 0 Å². The molecule has 136 valence electrons. The Balaban J connectivity index is 1.72. The smallest absolute Gasteiger partial charge is 0.0945 e. The van der Waals surface area contributed by atoms with E-state index in [0.717, 1.165) is 31.4 Å². The van der Waals surface area contributed by atoms with E-state index in [2.05, 4.69) is 60.4 Å². The van der Waals surface area contributed by atoms with Crippen LogP contribution in [0.15, 0.2) is 83.1 Å². The van der Waals surface area contributed by atoms with Crippen LogP contribution < -0.4 is 0 Å². The Morgan fingerprint density at radius 2 is 1.73 bits per heavy atom. The molecule has 3 rings (SSSR count). The van der Waals surface area contributed by atoms with Crippen LogP contribution in [0.25, 0.3) is 0 Å². The Hall–Kier alpha value is -2.04. The molecule has 0 amide bonds. The number of aliphatic hydroxyl groups is 1. The number of hydrogen-bond acceptors (Lipinski definition) is 3. The predicted molar refractivity (Wildman–Crippen MR) is 107 cm³/mol. The molecule has 2 aromatic carbocycles. The van der Waals surface area contributed by atoms with Gasteiger partial charge in [0.25, 0.3) is 0 Å². The van der Waals surface area contributed by atoms with Crippen molar-refractivity contribution in [2.45, 2.75) is 54.5 Å². The monoisotopic (exact) mass is 366 g/mol. The summed E-state index contributed by atoms with van der Waals surface area (Å²) in [6.45, 7) is 2.93. The normalized spacial score (nSPS) is 13.5. The molecule has 1 unspecified atom stereocenters. The van der Waals surface area contributed by atoms with E-state index in [9.17, 15) is 5.11 Å². The van der Waals surface area contributed by atoms with Crippen LogP contribution in [-0.4, -0.2) is 14.7 Å². The number of benzene rings is 2. The van der Waals surface area contributed by atoms with Crippen LogP contribution in [0, 0.1) is 0 Å². The minimum absolute atomic E-state index is 0.689. The Bertz CT molecular complexity index is 772. The van der Waals surface area contributed by atoms with E-state index < -0.39 is 5.60 Å². The molecular weight excluding hydrogens is 340 g/mol. The lowest BCUT2D eigenvalue weighted by Gasteiger charge is -2.29. The summed E-state index contributed by atoms with van der Waals surface area (Å²) < 4.78 is 2.02. The van der Waals surface area contributed by atoms with Gasteiger partial charge in [0.15, 0.2) is 0 Å². The summed E-state index contributed by atoms with van der Waals surface area (Å²) in [6, 6.07) is 18.7. The maximum absolute atomic E-state index is 11.4. The topological polar surface area (TPSA) is 38.0 Å². The Labute approximate surface area is 160 Å². The van der Waals surface area contributed by atoms with E-state index in [4.69, 9.17) is 0 Å². The van der Waals surface area contributed by atoms with E-state index in [0.29, 0.717) is 6.42 Å². The average Bonchev–Trinajstić information content (AvgIpc) is 3.20. The van der Waals surface area contributed by atoms with Crippen molar-refractivity contribution in [1.29, 1.82) is 0 Å². The highest BCUT2D eigenvalue weighted by Crippen LogP contribution is 2.34. The molecular formula is C22H26N2OS. The molecule has 1 atom stereocenters. The lowest BCUT2D eigenvalue weighted by Crippen LogP contribution is -2.27. The highest BCUT2D eigenvalue weighted by atomic mass is 32.2. The van der Waals surface area contributed by atoms with Gasteiger partial charge in [0, 0.05) is 28.7 Å². The fourth-order valence-electron chi connectivity index (χ4n) is 3.07. The molecule has 0 radical (unpaired) electrons. The Kier molecular flexibility index (Phi) is 6.53. The van der Waals surface area contributed by atoms with E-state index in [1.807, 2.05) is 16.8 Å². The lowest BCUT2D eigenvalue weighted by molar-refractivity contribution is 0.0120. The van der Waals surface area contributed by atoms with Crippen LogP contribution in [0.3, 0.4) is 0 Å². The second-order valence-electron chi connectivity index (χ2n) is 6.63. The molecule has 0 saturated carbocycles. The third kappa shape index (κ3) is 4.99. The van der Waals surface area contributed by atoms with Gasteiger partial charge in [-0.1, -0.05) is 61.9 Å². The third-order valence-electron chi connectivity index (χ3n) is 4.66. The summed E-state index contributed by atoms with van der Waals surface area (Å²) in [4.78, 5) is 6.50. The number of aryl methyl sites for hydroxylation is 1. The van der Waals surface area contributed by atoms with Crippen molar-refractivity contribution >= 4 is 11.8 Å². The molecule has 0 saturated heterocycles. The van der Waals surface area contributed by atoms with Gasteiger partial charge in [-0.05, 0) is 42.7 Å². The molecule has 26 heavy (non-hydrogen) atoms. The van der Waals surface area contributed by atoms with Gasteiger partial charge >= 0.3 is 0 Å². The molecule has 3 aromatic rings. The second kappa shape index (κ2) is 9.06. The fraction of sp³-hybridized carbons (Fsp3) is 0.318. The molecule has 1 N–H and O–H groups in total. The number of rotatable bonds is 9. The summed E-state index contributed by atoms with van der Waals surface area (Å²) in [5.41, 5.74) is 0.208. The van der Waals surface area contributed by atoms with Crippen molar-refractivity contribution in [2.75, 3.05) is 0 Å². The largest absolute Gasteiger partial charge is 0.385 e. The third-order valence-corrected chi connectivity index (χ3v) is 5.67. The van der Waals surface area contributed by atoms with Gasteiger partial charge in [-0.15, -0.1) is 0 Å². The molecule has 1 aromatic heterocycles. The molecule has 0 aliphatic carbocycles. The molecule has 3 nitrogen and oxygen atoms in total. The van der Waals surface area contributed by atoms with Crippen LogP contribution in [0.4, 0.5) is 0 Å². The van der Waals surface area contributed by atoms with Gasteiger partial charge < -0.3 is 9.67 Å². The Morgan fingerprint density at radius 3 is 2.38 bits per heavy atom. The van der Waals surface area contributed by atoms with Crippen molar-refractivity contribution in [3.63, 3.8) is 0 Å². The van der Waals surface area contributed by atoms with Gasteiger partial charge in [0.2, 0.25) is 0 Å². The van der Waals surface area contributed by atoms with Crippen LogP contribution in [0.1, 0.15) is 38.2 Å². The second-order valence-corrected chi connectivity index (χ2v) is 7.77. The first-order valence-corrected chi connectivity index (χ1v) is 10.0. The zero-order valence-electron chi connectivity index (χ0n) is 15.2. The fourth-order valence-corrected chi connectivity index (χ4v) is 3.91. The first kappa shape index (κ1) is 18.7. The zero-order chi connectivity index (χ0) is 18.2. The SMILES string of the molecule is CCCCC(O)(CCn1ccnc1)c1ccc(Sc2ccccc2)cc1. The lowest BCUT2D eigenvalue weighted by atomic mass is 9.85. The summed E-state index contributed by atoms with van der Waals surface area (Å²) >= 11 is 1.74. The van der Waals surface area contributed by atoms with Crippen LogP contribution in [-0.2, 0) is 12.1 Å². The van der Waals surface area contributed by atoms with Crippen molar-refractivity contribution < 1.29 is 5.11 Å². The zero-order valence-corrected chi connectivity index (χ0v) is 16.0. The van der Waals surface area contributed by atoms with Crippen LogP contribution >= 0.6 is 11.8 Å². The van der Waals surface area contributed by atoms with Gasteiger partial charge in [-0.2, -0.15) is 0 Å². The van der Waals surface area contributed by atoms with Crippen LogP contribution in [0.5, 0.6) is 0 Å². The molecule has 0 fully saturated rings.